The molecule has 1 aliphatic heterocycles. The number of hydrogen-bond acceptors (Lipinski definition) is 4. The van der Waals surface area contributed by atoms with Crippen molar-refractivity contribution in [3.05, 3.63) is 58.1 Å². The standard InChI is InChI=1S/C26H36N2O4S/c1-17-16-18(2)20(4)25(19(17)3)33(30,31)28-14-12-22(13-15-28)26(29)27(6)21(5)23-10-8-9-11-24(23)32-7/h8-11,16,21-22H,12-15H2,1-7H3. The Labute approximate surface area is 198 Å². The van der Waals surface area contributed by atoms with Crippen LogP contribution >= 0.6 is 0 Å². The minimum Gasteiger partial charge on any atom is -0.496 e. The molecule has 33 heavy (non-hydrogen) atoms. The number of amides is 1. The highest BCUT2D eigenvalue weighted by molar-refractivity contribution is 7.89. The third-order valence-corrected chi connectivity index (χ3v) is 9.39. The van der Waals surface area contributed by atoms with E-state index in [1.165, 1.54) is 0 Å². The van der Waals surface area contributed by atoms with Crippen LogP contribution in [0.1, 0.15) is 53.6 Å². The van der Waals surface area contributed by atoms with Crippen LogP contribution in [-0.2, 0) is 14.8 Å². The van der Waals surface area contributed by atoms with E-state index in [-0.39, 0.29) is 17.9 Å². The molecule has 1 unspecified atom stereocenters. The third kappa shape index (κ3) is 4.80. The highest BCUT2D eigenvalue weighted by Gasteiger charge is 2.36. The summed E-state index contributed by atoms with van der Waals surface area (Å²) in [4.78, 5) is 15.4. The Kier molecular flexibility index (Phi) is 7.54. The molecule has 2 aromatic carbocycles. The van der Waals surface area contributed by atoms with Crippen molar-refractivity contribution in [1.82, 2.24) is 9.21 Å². The van der Waals surface area contributed by atoms with Gasteiger partial charge in [0.1, 0.15) is 5.75 Å². The molecule has 7 heteroatoms. The number of nitrogens with zero attached hydrogens (tertiary/aromatic N) is 2. The molecule has 0 aromatic heterocycles. The molecular weight excluding hydrogens is 436 g/mol. The first kappa shape index (κ1) is 25.2. The van der Waals surface area contributed by atoms with E-state index in [1.54, 1.807) is 16.3 Å². The number of carbonyl (C=O) groups excluding carboxylic acids is 1. The highest BCUT2D eigenvalue weighted by atomic mass is 32.2. The van der Waals surface area contributed by atoms with Crippen molar-refractivity contribution in [2.45, 2.75) is 58.4 Å². The zero-order valence-electron chi connectivity index (χ0n) is 20.8. The van der Waals surface area contributed by atoms with Crippen molar-refractivity contribution in [3.8, 4) is 5.75 Å². The number of para-hydroxylation sites is 1. The summed E-state index contributed by atoms with van der Waals surface area (Å²) in [5.41, 5.74) is 4.53. The van der Waals surface area contributed by atoms with Crippen LogP contribution in [0.5, 0.6) is 5.75 Å². The summed E-state index contributed by atoms with van der Waals surface area (Å²) in [6, 6.07) is 9.60. The SMILES string of the molecule is COc1ccccc1C(C)N(C)C(=O)C1CCN(S(=O)(=O)c2c(C)c(C)cc(C)c2C)CC1. The fourth-order valence-electron chi connectivity index (χ4n) is 4.74. The van der Waals surface area contributed by atoms with Gasteiger partial charge < -0.3 is 9.64 Å². The first-order valence-electron chi connectivity index (χ1n) is 11.5. The zero-order chi connectivity index (χ0) is 24.5. The van der Waals surface area contributed by atoms with Gasteiger partial charge in [-0.15, -0.1) is 0 Å². The monoisotopic (exact) mass is 472 g/mol. The molecule has 1 fully saturated rings. The molecule has 1 aliphatic rings. The molecule has 0 spiro atoms. The normalized spacial score (nSPS) is 16.5. The van der Waals surface area contributed by atoms with E-state index in [1.807, 2.05) is 72.0 Å². The maximum absolute atomic E-state index is 13.5. The first-order chi connectivity index (χ1) is 15.5. The minimum atomic E-state index is -3.61. The molecule has 6 nitrogen and oxygen atoms in total. The van der Waals surface area contributed by atoms with E-state index in [9.17, 15) is 13.2 Å². The second kappa shape index (κ2) is 9.85. The fourth-order valence-corrected chi connectivity index (χ4v) is 6.78. The van der Waals surface area contributed by atoms with Gasteiger partial charge in [0.05, 0.1) is 18.0 Å². The van der Waals surface area contributed by atoms with Crippen molar-refractivity contribution < 1.29 is 17.9 Å². The van der Waals surface area contributed by atoms with Crippen molar-refractivity contribution in [1.29, 1.82) is 0 Å². The zero-order valence-corrected chi connectivity index (χ0v) is 21.6. The van der Waals surface area contributed by atoms with E-state index in [0.717, 1.165) is 33.6 Å². The maximum atomic E-state index is 13.5. The van der Waals surface area contributed by atoms with Crippen LogP contribution in [0.25, 0.3) is 0 Å². The lowest BCUT2D eigenvalue weighted by Gasteiger charge is -2.35. The molecule has 0 saturated carbocycles. The molecule has 1 amide bonds. The number of ether oxygens (including phenoxy) is 1. The average Bonchev–Trinajstić information content (AvgIpc) is 2.81. The second-order valence-corrected chi connectivity index (χ2v) is 11.0. The highest BCUT2D eigenvalue weighted by Crippen LogP contribution is 2.33. The van der Waals surface area contributed by atoms with Gasteiger partial charge in [-0.2, -0.15) is 4.31 Å². The van der Waals surface area contributed by atoms with E-state index in [2.05, 4.69) is 0 Å². The number of benzene rings is 2. The molecule has 1 atom stereocenters. The molecule has 0 N–H and O–H groups in total. The summed E-state index contributed by atoms with van der Waals surface area (Å²) in [7, 11) is -0.176. The predicted octanol–water partition coefficient (Wildman–Crippen LogP) is 4.55. The Hall–Kier alpha value is -2.38. The van der Waals surface area contributed by atoms with Crippen LogP contribution in [-0.4, -0.2) is 50.8 Å². The van der Waals surface area contributed by atoms with Crippen molar-refractivity contribution in [2.24, 2.45) is 5.92 Å². The van der Waals surface area contributed by atoms with Crippen molar-refractivity contribution in [2.75, 3.05) is 27.2 Å². The van der Waals surface area contributed by atoms with Crippen LogP contribution < -0.4 is 4.74 Å². The fraction of sp³-hybridized carbons (Fsp3) is 0.500. The summed E-state index contributed by atoms with van der Waals surface area (Å²) in [6.45, 7) is 10.3. The van der Waals surface area contributed by atoms with Gasteiger partial charge in [-0.05, 0) is 75.8 Å². The van der Waals surface area contributed by atoms with Crippen molar-refractivity contribution in [3.63, 3.8) is 0 Å². The Morgan fingerprint density at radius 3 is 2.15 bits per heavy atom. The quantitative estimate of drug-likeness (QED) is 0.619. The van der Waals surface area contributed by atoms with Crippen LogP contribution in [0.15, 0.2) is 35.2 Å². The van der Waals surface area contributed by atoms with E-state index >= 15 is 0 Å². The van der Waals surface area contributed by atoms with Gasteiger partial charge in [-0.3, -0.25) is 4.79 Å². The number of rotatable bonds is 6. The number of sulfonamides is 1. The third-order valence-electron chi connectivity index (χ3n) is 7.22. The summed E-state index contributed by atoms with van der Waals surface area (Å²) in [6.07, 6.45) is 1.04. The average molecular weight is 473 g/mol. The Morgan fingerprint density at radius 2 is 1.61 bits per heavy atom. The number of carbonyl (C=O) groups is 1. The predicted molar refractivity (Wildman–Crippen MR) is 131 cm³/mol. The number of piperidine rings is 1. The van der Waals surface area contributed by atoms with Crippen molar-refractivity contribution >= 4 is 15.9 Å². The van der Waals surface area contributed by atoms with Gasteiger partial charge in [-0.25, -0.2) is 8.42 Å². The topological polar surface area (TPSA) is 66.9 Å². The molecule has 1 saturated heterocycles. The smallest absolute Gasteiger partial charge is 0.243 e. The Morgan fingerprint density at radius 1 is 1.06 bits per heavy atom. The van der Waals surface area contributed by atoms with Gasteiger partial charge in [0.15, 0.2) is 0 Å². The van der Waals surface area contributed by atoms with Gasteiger partial charge in [0.25, 0.3) is 0 Å². The lowest BCUT2D eigenvalue weighted by atomic mass is 9.95. The number of aryl methyl sites for hydroxylation is 2. The van der Waals surface area contributed by atoms with E-state index in [4.69, 9.17) is 4.74 Å². The molecule has 1 heterocycles. The molecule has 0 bridgehead atoms. The Balaban J connectivity index is 1.74. The largest absolute Gasteiger partial charge is 0.496 e. The summed E-state index contributed by atoms with van der Waals surface area (Å²) in [5.74, 6) is 0.606. The van der Waals surface area contributed by atoms with E-state index < -0.39 is 10.0 Å². The maximum Gasteiger partial charge on any atom is 0.243 e. The van der Waals surface area contributed by atoms with Crippen LogP contribution in [0, 0.1) is 33.6 Å². The number of methoxy groups -OCH3 is 1. The van der Waals surface area contributed by atoms with Crippen LogP contribution in [0.3, 0.4) is 0 Å². The second-order valence-electron chi connectivity index (χ2n) is 9.13. The van der Waals surface area contributed by atoms with Gasteiger partial charge in [0.2, 0.25) is 15.9 Å². The van der Waals surface area contributed by atoms with Gasteiger partial charge in [-0.1, -0.05) is 24.3 Å². The lowest BCUT2D eigenvalue weighted by molar-refractivity contribution is -0.137. The van der Waals surface area contributed by atoms with Crippen LogP contribution in [0.4, 0.5) is 0 Å². The summed E-state index contributed by atoms with van der Waals surface area (Å²) in [5, 5.41) is 0. The molecule has 0 aliphatic carbocycles. The van der Waals surface area contributed by atoms with E-state index in [0.29, 0.717) is 30.8 Å². The summed E-state index contributed by atoms with van der Waals surface area (Å²) >= 11 is 0. The number of hydrogen-bond donors (Lipinski definition) is 0. The lowest BCUT2D eigenvalue weighted by Crippen LogP contribution is -2.44. The Bertz CT molecular complexity index is 1110. The summed E-state index contributed by atoms with van der Waals surface area (Å²) < 4.78 is 34.1. The molecule has 180 valence electrons. The minimum absolute atomic E-state index is 0.0456. The van der Waals surface area contributed by atoms with Gasteiger partial charge in [0, 0.05) is 31.6 Å². The first-order valence-corrected chi connectivity index (χ1v) is 12.9. The molecule has 2 aromatic rings. The molecular formula is C26H36N2O4S. The van der Waals surface area contributed by atoms with Crippen LogP contribution in [0.2, 0.25) is 0 Å². The van der Waals surface area contributed by atoms with Gasteiger partial charge >= 0.3 is 0 Å². The molecule has 3 rings (SSSR count). The molecule has 0 radical (unpaired) electrons.